The zero-order chi connectivity index (χ0) is 20.3. The van der Waals surface area contributed by atoms with Crippen molar-refractivity contribution in [3.05, 3.63) is 108 Å². The third-order valence-electron chi connectivity index (χ3n) is 4.76. The molecule has 0 saturated heterocycles. The molecule has 4 heteroatoms. The minimum atomic E-state index is -0.441. The quantitative estimate of drug-likeness (QED) is 0.551. The Morgan fingerprint density at radius 3 is 1.76 bits per heavy atom. The summed E-state index contributed by atoms with van der Waals surface area (Å²) >= 11 is 0. The van der Waals surface area contributed by atoms with Crippen molar-refractivity contribution >= 4 is 11.8 Å². The normalized spacial score (nSPS) is 10.5. The molecule has 2 N–H and O–H groups in total. The van der Waals surface area contributed by atoms with Gasteiger partial charge in [-0.2, -0.15) is 0 Å². The Morgan fingerprint density at radius 2 is 1.21 bits per heavy atom. The fourth-order valence-corrected chi connectivity index (χ4v) is 3.28. The number of nitrogens with one attached hydrogen (secondary N) is 2. The highest BCUT2D eigenvalue weighted by molar-refractivity contribution is 5.90. The topological polar surface area (TPSA) is 58.2 Å². The molecule has 0 fully saturated rings. The molecular weight excluding hydrogens is 360 g/mol. The van der Waals surface area contributed by atoms with Gasteiger partial charge in [-0.05, 0) is 29.5 Å². The van der Waals surface area contributed by atoms with E-state index in [1.54, 1.807) is 0 Å². The highest BCUT2D eigenvalue weighted by Crippen LogP contribution is 2.24. The van der Waals surface area contributed by atoms with Crippen molar-refractivity contribution in [3.63, 3.8) is 0 Å². The molecule has 0 bridgehead atoms. The average Bonchev–Trinajstić information content (AvgIpc) is 2.78. The van der Waals surface area contributed by atoms with Gasteiger partial charge in [-0.15, -0.1) is 0 Å². The predicted molar refractivity (Wildman–Crippen MR) is 116 cm³/mol. The number of carbonyl (C=O) groups excluding carboxylic acids is 2. The van der Waals surface area contributed by atoms with Gasteiger partial charge in [0.2, 0.25) is 11.8 Å². The van der Waals surface area contributed by atoms with E-state index in [4.69, 9.17) is 0 Å². The minimum absolute atomic E-state index is 0.0274. The lowest BCUT2D eigenvalue weighted by molar-refractivity contribution is -0.126. The SMILES string of the molecule is O=C(CNC(=O)C(c1ccccc1)c1ccccc1)NCCCc1ccccc1. The van der Waals surface area contributed by atoms with Gasteiger partial charge in [-0.1, -0.05) is 91.0 Å². The van der Waals surface area contributed by atoms with Gasteiger partial charge in [0.05, 0.1) is 12.5 Å². The molecule has 0 atom stereocenters. The zero-order valence-corrected chi connectivity index (χ0v) is 16.4. The Kier molecular flexibility index (Phi) is 7.58. The molecule has 3 aromatic carbocycles. The molecule has 0 unspecified atom stereocenters. The van der Waals surface area contributed by atoms with Crippen LogP contribution in [0.25, 0.3) is 0 Å². The monoisotopic (exact) mass is 386 g/mol. The van der Waals surface area contributed by atoms with Gasteiger partial charge >= 0.3 is 0 Å². The number of aryl methyl sites for hydroxylation is 1. The molecule has 0 aromatic heterocycles. The maximum absolute atomic E-state index is 12.9. The van der Waals surface area contributed by atoms with Crippen LogP contribution in [-0.4, -0.2) is 24.9 Å². The summed E-state index contributed by atoms with van der Waals surface area (Å²) in [6.45, 7) is 0.560. The van der Waals surface area contributed by atoms with Gasteiger partial charge in [-0.3, -0.25) is 9.59 Å². The molecule has 3 rings (SSSR count). The first kappa shape index (κ1) is 20.3. The van der Waals surface area contributed by atoms with Gasteiger partial charge in [0.15, 0.2) is 0 Å². The van der Waals surface area contributed by atoms with Gasteiger partial charge < -0.3 is 10.6 Å². The van der Waals surface area contributed by atoms with E-state index >= 15 is 0 Å². The lowest BCUT2D eigenvalue weighted by Crippen LogP contribution is -2.39. The number of carbonyl (C=O) groups is 2. The first-order valence-corrected chi connectivity index (χ1v) is 9.92. The van der Waals surface area contributed by atoms with Crippen LogP contribution in [0, 0.1) is 0 Å². The summed E-state index contributed by atoms with van der Waals surface area (Å²) in [7, 11) is 0. The van der Waals surface area contributed by atoms with E-state index in [9.17, 15) is 9.59 Å². The van der Waals surface area contributed by atoms with E-state index < -0.39 is 5.92 Å². The molecule has 0 spiro atoms. The van der Waals surface area contributed by atoms with Crippen LogP contribution in [0.1, 0.15) is 29.0 Å². The lowest BCUT2D eigenvalue weighted by atomic mass is 9.90. The number of rotatable bonds is 9. The molecule has 148 valence electrons. The van der Waals surface area contributed by atoms with Crippen LogP contribution in [0.15, 0.2) is 91.0 Å². The molecule has 0 aliphatic rings. The number of benzene rings is 3. The van der Waals surface area contributed by atoms with Crippen LogP contribution in [0.4, 0.5) is 0 Å². The molecule has 0 saturated carbocycles. The van der Waals surface area contributed by atoms with Crippen molar-refractivity contribution in [3.8, 4) is 0 Å². The fraction of sp³-hybridized carbons (Fsp3) is 0.200. The maximum atomic E-state index is 12.9. The Bertz CT molecular complexity index is 856. The van der Waals surface area contributed by atoms with Crippen LogP contribution >= 0.6 is 0 Å². The summed E-state index contributed by atoms with van der Waals surface area (Å²) in [5.41, 5.74) is 3.06. The smallest absolute Gasteiger partial charge is 0.239 e. The van der Waals surface area contributed by atoms with Crippen LogP contribution in [0.2, 0.25) is 0 Å². The Balaban J connectivity index is 1.50. The van der Waals surface area contributed by atoms with E-state index in [1.165, 1.54) is 5.56 Å². The number of hydrogen-bond donors (Lipinski definition) is 2. The molecule has 0 aliphatic heterocycles. The van der Waals surface area contributed by atoms with Gasteiger partial charge in [0, 0.05) is 6.54 Å². The van der Waals surface area contributed by atoms with Crippen LogP contribution < -0.4 is 10.6 Å². The van der Waals surface area contributed by atoms with Gasteiger partial charge in [-0.25, -0.2) is 0 Å². The zero-order valence-electron chi connectivity index (χ0n) is 16.4. The molecule has 4 nitrogen and oxygen atoms in total. The second-order valence-corrected chi connectivity index (χ2v) is 6.91. The Labute approximate surface area is 172 Å². The molecular formula is C25H26N2O2. The van der Waals surface area contributed by atoms with Gasteiger partial charge in [0.1, 0.15) is 0 Å². The van der Waals surface area contributed by atoms with Crippen molar-refractivity contribution in [1.82, 2.24) is 10.6 Å². The number of amides is 2. The van der Waals surface area contributed by atoms with E-state index in [-0.39, 0.29) is 18.4 Å². The number of hydrogen-bond acceptors (Lipinski definition) is 2. The van der Waals surface area contributed by atoms with Crippen molar-refractivity contribution in [2.45, 2.75) is 18.8 Å². The van der Waals surface area contributed by atoms with E-state index in [1.807, 2.05) is 78.9 Å². The summed E-state index contributed by atoms with van der Waals surface area (Å²) in [6, 6.07) is 29.4. The second kappa shape index (κ2) is 10.8. The molecule has 0 aliphatic carbocycles. The van der Waals surface area contributed by atoms with Crippen LogP contribution in [0.3, 0.4) is 0 Å². The van der Waals surface area contributed by atoms with E-state index in [2.05, 4.69) is 22.8 Å². The summed E-state index contributed by atoms with van der Waals surface area (Å²) < 4.78 is 0. The molecule has 0 radical (unpaired) electrons. The summed E-state index contributed by atoms with van der Waals surface area (Å²) in [6.07, 6.45) is 1.78. The van der Waals surface area contributed by atoms with Crippen molar-refractivity contribution in [2.75, 3.05) is 13.1 Å². The largest absolute Gasteiger partial charge is 0.355 e. The standard InChI is InChI=1S/C25H26N2O2/c28-23(26-18-10-13-20-11-4-1-5-12-20)19-27-25(29)24(21-14-6-2-7-15-21)22-16-8-3-9-17-22/h1-9,11-12,14-17,24H,10,13,18-19H2,(H,26,28)(H,27,29). The summed E-state index contributed by atoms with van der Waals surface area (Å²) in [5, 5.41) is 5.66. The first-order chi connectivity index (χ1) is 14.2. The van der Waals surface area contributed by atoms with Crippen molar-refractivity contribution < 1.29 is 9.59 Å². The van der Waals surface area contributed by atoms with Crippen LogP contribution in [-0.2, 0) is 16.0 Å². The average molecular weight is 386 g/mol. The highest BCUT2D eigenvalue weighted by atomic mass is 16.2. The maximum Gasteiger partial charge on any atom is 0.239 e. The first-order valence-electron chi connectivity index (χ1n) is 9.92. The lowest BCUT2D eigenvalue weighted by Gasteiger charge is -2.17. The minimum Gasteiger partial charge on any atom is -0.355 e. The third-order valence-corrected chi connectivity index (χ3v) is 4.76. The summed E-state index contributed by atoms with van der Waals surface area (Å²) in [5.74, 6) is -0.795. The fourth-order valence-electron chi connectivity index (χ4n) is 3.28. The molecule has 3 aromatic rings. The second-order valence-electron chi connectivity index (χ2n) is 6.91. The predicted octanol–water partition coefficient (Wildman–Crippen LogP) is 3.68. The Morgan fingerprint density at radius 1 is 0.690 bits per heavy atom. The van der Waals surface area contributed by atoms with E-state index in [0.29, 0.717) is 6.54 Å². The van der Waals surface area contributed by atoms with Crippen LogP contribution in [0.5, 0.6) is 0 Å². The molecule has 0 heterocycles. The van der Waals surface area contributed by atoms with Crippen molar-refractivity contribution in [2.24, 2.45) is 0 Å². The molecule has 2 amide bonds. The van der Waals surface area contributed by atoms with E-state index in [0.717, 1.165) is 24.0 Å². The third kappa shape index (κ3) is 6.32. The molecule has 29 heavy (non-hydrogen) atoms. The highest BCUT2D eigenvalue weighted by Gasteiger charge is 2.22. The summed E-state index contributed by atoms with van der Waals surface area (Å²) in [4.78, 5) is 25.0. The Hall–Kier alpha value is -3.40. The van der Waals surface area contributed by atoms with Crippen molar-refractivity contribution in [1.29, 1.82) is 0 Å². The van der Waals surface area contributed by atoms with Gasteiger partial charge in [0.25, 0.3) is 0 Å².